The summed E-state index contributed by atoms with van der Waals surface area (Å²) in [4.78, 5) is 12.5. The molecule has 2 aromatic heterocycles. The van der Waals surface area contributed by atoms with Crippen LogP contribution in [0.1, 0.15) is 21.7 Å². The van der Waals surface area contributed by atoms with Crippen molar-refractivity contribution < 1.29 is 9.32 Å². The van der Waals surface area contributed by atoms with Crippen LogP contribution in [-0.4, -0.2) is 20.8 Å². The molecule has 0 unspecified atom stereocenters. The molecule has 29 heavy (non-hydrogen) atoms. The zero-order chi connectivity index (χ0) is 20.4. The number of amides is 1. The molecular weight excluding hydrogens is 411 g/mol. The second-order valence-corrected chi connectivity index (χ2v) is 7.37. The first kappa shape index (κ1) is 19.2. The molecule has 2 heterocycles. The van der Waals surface area contributed by atoms with E-state index in [4.69, 9.17) is 27.7 Å². The molecule has 8 heteroatoms. The van der Waals surface area contributed by atoms with Gasteiger partial charge in [0.2, 0.25) is 0 Å². The van der Waals surface area contributed by atoms with Gasteiger partial charge in [0.15, 0.2) is 17.3 Å². The van der Waals surface area contributed by atoms with Crippen molar-refractivity contribution in [2.75, 3.05) is 5.32 Å². The molecule has 1 N–H and O–H groups in total. The van der Waals surface area contributed by atoms with Crippen molar-refractivity contribution in [3.05, 3.63) is 87.7 Å². The van der Waals surface area contributed by atoms with Gasteiger partial charge in [-0.25, -0.2) is 0 Å². The van der Waals surface area contributed by atoms with E-state index in [1.165, 1.54) is 0 Å². The molecule has 0 saturated heterocycles. The van der Waals surface area contributed by atoms with Gasteiger partial charge in [0, 0.05) is 33.4 Å². The number of carbonyl (C=O) groups is 1. The number of nitrogens with one attached hydrogen (secondary N) is 1. The molecule has 0 bridgehead atoms. The summed E-state index contributed by atoms with van der Waals surface area (Å²) < 4.78 is 7.08. The van der Waals surface area contributed by atoms with E-state index in [9.17, 15) is 4.79 Å². The normalized spacial score (nSPS) is 10.9. The first-order valence-corrected chi connectivity index (χ1v) is 9.56. The van der Waals surface area contributed by atoms with Gasteiger partial charge in [0.25, 0.3) is 5.91 Å². The van der Waals surface area contributed by atoms with Gasteiger partial charge in [-0.3, -0.25) is 9.48 Å². The Bertz CT molecular complexity index is 1170. The number of nitrogens with zero attached hydrogens (tertiary/aromatic N) is 3. The van der Waals surface area contributed by atoms with Crippen molar-refractivity contribution in [1.82, 2.24) is 14.9 Å². The molecule has 0 aliphatic carbocycles. The van der Waals surface area contributed by atoms with Crippen molar-refractivity contribution in [3.63, 3.8) is 0 Å². The number of aryl methyl sites for hydroxylation is 1. The maximum atomic E-state index is 12.5. The van der Waals surface area contributed by atoms with Gasteiger partial charge in [-0.05, 0) is 36.8 Å². The quantitative estimate of drug-likeness (QED) is 0.460. The maximum Gasteiger partial charge on any atom is 0.279 e. The zero-order valence-corrected chi connectivity index (χ0v) is 16.9. The lowest BCUT2D eigenvalue weighted by Gasteiger charge is -2.04. The zero-order valence-electron chi connectivity index (χ0n) is 15.4. The molecule has 4 rings (SSSR count). The van der Waals surface area contributed by atoms with Crippen LogP contribution in [0.25, 0.3) is 11.3 Å². The van der Waals surface area contributed by atoms with Crippen LogP contribution >= 0.6 is 23.2 Å². The summed E-state index contributed by atoms with van der Waals surface area (Å²) in [5.74, 6) is 0.494. The van der Waals surface area contributed by atoms with Gasteiger partial charge in [0.1, 0.15) is 0 Å². The Morgan fingerprint density at radius 3 is 2.62 bits per heavy atom. The second kappa shape index (κ2) is 8.11. The largest absolute Gasteiger partial charge is 0.355 e. The van der Waals surface area contributed by atoms with E-state index in [1.807, 2.05) is 37.3 Å². The Labute approximate surface area is 177 Å². The maximum absolute atomic E-state index is 12.5. The highest BCUT2D eigenvalue weighted by Gasteiger charge is 2.16. The number of rotatable bonds is 5. The van der Waals surface area contributed by atoms with Crippen molar-refractivity contribution in [1.29, 1.82) is 0 Å². The van der Waals surface area contributed by atoms with E-state index in [-0.39, 0.29) is 5.69 Å². The fourth-order valence-electron chi connectivity index (χ4n) is 2.83. The lowest BCUT2D eigenvalue weighted by atomic mass is 10.1. The number of carbonyl (C=O) groups excluding carboxylic acids is 1. The minimum absolute atomic E-state index is 0.157. The Balaban J connectivity index is 1.47. The van der Waals surface area contributed by atoms with Crippen molar-refractivity contribution in [3.8, 4) is 11.3 Å². The third-order valence-corrected chi connectivity index (χ3v) is 4.81. The van der Waals surface area contributed by atoms with Crippen LogP contribution in [0.2, 0.25) is 10.0 Å². The van der Waals surface area contributed by atoms with E-state index >= 15 is 0 Å². The number of anilines is 1. The van der Waals surface area contributed by atoms with E-state index in [1.54, 1.807) is 35.0 Å². The van der Waals surface area contributed by atoms with Gasteiger partial charge in [0.05, 0.1) is 6.54 Å². The summed E-state index contributed by atoms with van der Waals surface area (Å²) in [5, 5.41) is 12.3. The standard InChI is InChI=1S/C21H16Cl2N4O2/c1-13-9-20(25-27(13)12-14-5-7-16(22)8-6-14)24-21(28)18-11-19(29-26-18)15-3-2-4-17(23)10-15/h2-11H,12H2,1H3,(H,24,25,28). The minimum Gasteiger partial charge on any atom is -0.355 e. The summed E-state index contributed by atoms with van der Waals surface area (Å²) in [6.45, 7) is 2.49. The Hall–Kier alpha value is -3.09. The number of benzene rings is 2. The Morgan fingerprint density at radius 1 is 1.07 bits per heavy atom. The molecule has 0 aliphatic rings. The van der Waals surface area contributed by atoms with Crippen LogP contribution in [0.15, 0.2) is 65.2 Å². The Morgan fingerprint density at radius 2 is 1.86 bits per heavy atom. The van der Waals surface area contributed by atoms with Crippen LogP contribution in [0.5, 0.6) is 0 Å². The molecule has 0 fully saturated rings. The van der Waals surface area contributed by atoms with E-state index in [2.05, 4.69) is 15.6 Å². The smallest absolute Gasteiger partial charge is 0.279 e. The first-order valence-electron chi connectivity index (χ1n) is 8.81. The molecule has 0 saturated carbocycles. The third-order valence-electron chi connectivity index (χ3n) is 4.32. The van der Waals surface area contributed by atoms with Crippen LogP contribution in [-0.2, 0) is 6.54 Å². The van der Waals surface area contributed by atoms with Crippen LogP contribution < -0.4 is 5.32 Å². The second-order valence-electron chi connectivity index (χ2n) is 6.50. The number of hydrogen-bond acceptors (Lipinski definition) is 4. The van der Waals surface area contributed by atoms with E-state index in [0.29, 0.717) is 28.2 Å². The SMILES string of the molecule is Cc1cc(NC(=O)c2cc(-c3cccc(Cl)c3)on2)nn1Cc1ccc(Cl)cc1. The highest BCUT2D eigenvalue weighted by atomic mass is 35.5. The fraction of sp³-hybridized carbons (Fsp3) is 0.0952. The Kier molecular flexibility index (Phi) is 5.38. The number of aromatic nitrogens is 3. The summed E-state index contributed by atoms with van der Waals surface area (Å²) >= 11 is 11.9. The van der Waals surface area contributed by atoms with Gasteiger partial charge in [-0.2, -0.15) is 5.10 Å². The molecular formula is C21H16Cl2N4O2. The average Bonchev–Trinajstić information content (AvgIpc) is 3.31. The monoisotopic (exact) mass is 426 g/mol. The van der Waals surface area contributed by atoms with Crippen molar-refractivity contribution in [2.45, 2.75) is 13.5 Å². The lowest BCUT2D eigenvalue weighted by Crippen LogP contribution is -2.13. The molecule has 6 nitrogen and oxygen atoms in total. The highest BCUT2D eigenvalue weighted by Crippen LogP contribution is 2.24. The van der Waals surface area contributed by atoms with E-state index < -0.39 is 5.91 Å². The highest BCUT2D eigenvalue weighted by molar-refractivity contribution is 6.31. The predicted molar refractivity (Wildman–Crippen MR) is 112 cm³/mol. The molecule has 0 spiro atoms. The molecule has 146 valence electrons. The first-order chi connectivity index (χ1) is 14.0. The van der Waals surface area contributed by atoms with Crippen molar-refractivity contribution in [2.24, 2.45) is 0 Å². The predicted octanol–water partition coefficient (Wildman–Crippen LogP) is 5.45. The van der Waals surface area contributed by atoms with Crippen molar-refractivity contribution >= 4 is 34.9 Å². The van der Waals surface area contributed by atoms with E-state index in [0.717, 1.165) is 16.8 Å². The topological polar surface area (TPSA) is 73.0 Å². The van der Waals surface area contributed by atoms with Crippen LogP contribution in [0.3, 0.4) is 0 Å². The van der Waals surface area contributed by atoms with Gasteiger partial charge >= 0.3 is 0 Å². The summed E-state index contributed by atoms with van der Waals surface area (Å²) in [6, 6.07) is 18.0. The van der Waals surface area contributed by atoms with Gasteiger partial charge in [-0.1, -0.05) is 52.6 Å². The van der Waals surface area contributed by atoms with Crippen LogP contribution in [0, 0.1) is 6.92 Å². The molecule has 4 aromatic rings. The summed E-state index contributed by atoms with van der Waals surface area (Å²) in [7, 11) is 0. The molecule has 1 amide bonds. The third kappa shape index (κ3) is 4.50. The van der Waals surface area contributed by atoms with Gasteiger partial charge < -0.3 is 9.84 Å². The molecule has 0 aliphatic heterocycles. The average molecular weight is 427 g/mol. The molecule has 0 radical (unpaired) electrons. The molecule has 2 aromatic carbocycles. The number of halogens is 2. The van der Waals surface area contributed by atoms with Crippen LogP contribution in [0.4, 0.5) is 5.82 Å². The lowest BCUT2D eigenvalue weighted by molar-refractivity contribution is 0.101. The summed E-state index contributed by atoms with van der Waals surface area (Å²) in [6.07, 6.45) is 0. The minimum atomic E-state index is -0.404. The number of hydrogen-bond donors (Lipinski definition) is 1. The fourth-order valence-corrected chi connectivity index (χ4v) is 3.15. The molecule has 0 atom stereocenters. The summed E-state index contributed by atoms with van der Waals surface area (Å²) in [5.41, 5.74) is 2.87. The van der Waals surface area contributed by atoms with Gasteiger partial charge in [-0.15, -0.1) is 0 Å².